The van der Waals surface area contributed by atoms with Crippen LogP contribution in [-0.2, 0) is 13.2 Å². The Morgan fingerprint density at radius 3 is 1.52 bits per heavy atom. The summed E-state index contributed by atoms with van der Waals surface area (Å²) in [5.74, 6) is 1.34. The molecule has 6 rings (SSSR count). The van der Waals surface area contributed by atoms with Crippen molar-refractivity contribution in [1.29, 1.82) is 0 Å². The van der Waals surface area contributed by atoms with Crippen LogP contribution in [0.1, 0.15) is 72.9 Å². The van der Waals surface area contributed by atoms with E-state index in [4.69, 9.17) is 32.7 Å². The number of rotatable bonds is 8. The lowest BCUT2D eigenvalue weighted by atomic mass is 9.92. The normalized spacial score (nSPS) is 18.6. The zero-order valence-corrected chi connectivity index (χ0v) is 26.4. The van der Waals surface area contributed by atoms with Crippen LogP contribution in [0.5, 0.6) is 11.5 Å². The Labute approximate surface area is 270 Å². The number of piperidine rings is 2. The maximum Gasteiger partial charge on any atom is 0.321 e. The third kappa shape index (κ3) is 7.17. The van der Waals surface area contributed by atoms with Gasteiger partial charge in [-0.1, -0.05) is 96.0 Å². The predicted molar refractivity (Wildman–Crippen MR) is 176 cm³/mol. The third-order valence-corrected chi connectivity index (χ3v) is 9.26. The van der Waals surface area contributed by atoms with Gasteiger partial charge in [0.1, 0.15) is 24.7 Å². The van der Waals surface area contributed by atoms with E-state index in [1.807, 2.05) is 48.5 Å². The molecule has 0 aliphatic carbocycles. The quantitative estimate of drug-likeness (QED) is 0.195. The van der Waals surface area contributed by atoms with Crippen molar-refractivity contribution in [2.75, 3.05) is 13.1 Å². The van der Waals surface area contributed by atoms with Crippen molar-refractivity contribution in [2.45, 2.75) is 63.8 Å². The predicted octanol–water partition coefficient (Wildman–Crippen LogP) is 10.0. The molecule has 2 aliphatic heterocycles. The van der Waals surface area contributed by atoms with Crippen molar-refractivity contribution < 1.29 is 14.3 Å². The van der Waals surface area contributed by atoms with Crippen molar-refractivity contribution in [1.82, 2.24) is 9.80 Å². The Bertz CT molecular complexity index is 1460. The van der Waals surface area contributed by atoms with Gasteiger partial charge in [0.15, 0.2) is 0 Å². The lowest BCUT2D eigenvalue weighted by Crippen LogP contribution is -2.49. The van der Waals surface area contributed by atoms with Crippen LogP contribution in [0.4, 0.5) is 4.79 Å². The molecule has 228 valence electrons. The summed E-state index contributed by atoms with van der Waals surface area (Å²) in [7, 11) is 0. The third-order valence-electron chi connectivity index (χ3n) is 8.63. The first-order chi connectivity index (χ1) is 21.6. The minimum absolute atomic E-state index is 0.0365. The van der Waals surface area contributed by atoms with E-state index in [1.54, 1.807) is 0 Å². The van der Waals surface area contributed by atoms with E-state index >= 15 is 0 Å². The van der Waals surface area contributed by atoms with Crippen molar-refractivity contribution in [3.05, 3.63) is 129 Å². The number of carbonyl (C=O) groups is 1. The SMILES string of the molecule is O=C(N1CCCCC1c1cccc(COc2ccccc2Cl)c1)N1CCCCC1c1cccc(COc2ccccc2Cl)c1. The van der Waals surface area contributed by atoms with E-state index in [9.17, 15) is 4.79 Å². The van der Waals surface area contributed by atoms with Crippen molar-refractivity contribution in [2.24, 2.45) is 0 Å². The van der Waals surface area contributed by atoms with E-state index in [1.165, 1.54) is 0 Å². The van der Waals surface area contributed by atoms with Gasteiger partial charge in [0.05, 0.1) is 22.1 Å². The first-order valence-corrected chi connectivity index (χ1v) is 16.3. The second-order valence-corrected chi connectivity index (χ2v) is 12.4. The average Bonchev–Trinajstić information content (AvgIpc) is 3.07. The molecule has 2 aliphatic rings. The van der Waals surface area contributed by atoms with Gasteiger partial charge >= 0.3 is 6.03 Å². The van der Waals surface area contributed by atoms with Crippen molar-refractivity contribution in [3.63, 3.8) is 0 Å². The fourth-order valence-corrected chi connectivity index (χ4v) is 6.79. The Kier molecular flexibility index (Phi) is 9.94. The highest BCUT2D eigenvalue weighted by Gasteiger charge is 2.36. The van der Waals surface area contributed by atoms with Gasteiger partial charge in [0.2, 0.25) is 0 Å². The van der Waals surface area contributed by atoms with Gasteiger partial charge in [0.25, 0.3) is 0 Å². The summed E-state index contributed by atoms with van der Waals surface area (Å²) in [6, 6.07) is 32.2. The molecule has 2 fully saturated rings. The topological polar surface area (TPSA) is 42.0 Å². The summed E-state index contributed by atoms with van der Waals surface area (Å²) in [5.41, 5.74) is 4.44. The molecule has 0 bridgehead atoms. The maximum absolute atomic E-state index is 14.4. The first-order valence-electron chi connectivity index (χ1n) is 15.6. The molecule has 44 heavy (non-hydrogen) atoms. The Morgan fingerprint density at radius 2 is 1.07 bits per heavy atom. The molecule has 0 saturated carbocycles. The van der Waals surface area contributed by atoms with Gasteiger partial charge in [-0.05, 0) is 85.0 Å². The van der Waals surface area contributed by atoms with Crippen LogP contribution in [-0.4, -0.2) is 28.9 Å². The molecular weight excluding hydrogens is 591 g/mol. The molecule has 7 heteroatoms. The molecule has 0 N–H and O–H groups in total. The molecule has 5 nitrogen and oxygen atoms in total. The number of hydrogen-bond acceptors (Lipinski definition) is 3. The van der Waals surface area contributed by atoms with Gasteiger partial charge < -0.3 is 19.3 Å². The van der Waals surface area contributed by atoms with Crippen LogP contribution in [0.15, 0.2) is 97.1 Å². The standard InChI is InChI=1S/C37H38Cl2N2O3/c38-31-15-1-3-19-35(31)43-25-27-11-9-13-29(23-27)33-17-5-7-21-40(33)37(42)41-22-8-6-18-34(41)30-14-10-12-28(24-30)26-44-36-20-4-2-16-32(36)39/h1-4,9-16,19-20,23-24,33-34H,5-8,17-18,21-22,25-26H2. The number of nitrogens with zero attached hydrogens (tertiary/aromatic N) is 2. The van der Waals surface area contributed by atoms with Crippen LogP contribution in [0.2, 0.25) is 10.0 Å². The lowest BCUT2D eigenvalue weighted by Gasteiger charge is -2.43. The Morgan fingerprint density at radius 1 is 0.614 bits per heavy atom. The van der Waals surface area contributed by atoms with E-state index in [0.717, 1.165) is 73.9 Å². The summed E-state index contributed by atoms with van der Waals surface area (Å²) < 4.78 is 12.0. The molecule has 2 atom stereocenters. The van der Waals surface area contributed by atoms with Gasteiger partial charge in [-0.15, -0.1) is 0 Å². The lowest BCUT2D eigenvalue weighted by molar-refractivity contribution is 0.0873. The largest absolute Gasteiger partial charge is 0.487 e. The van der Waals surface area contributed by atoms with Crippen molar-refractivity contribution in [3.8, 4) is 11.5 Å². The molecule has 0 spiro atoms. The molecule has 4 aromatic carbocycles. The highest BCUT2D eigenvalue weighted by molar-refractivity contribution is 6.32. The minimum Gasteiger partial charge on any atom is -0.487 e. The minimum atomic E-state index is 0.0365. The van der Waals surface area contributed by atoms with Crippen LogP contribution >= 0.6 is 23.2 Å². The summed E-state index contributed by atoms with van der Waals surface area (Å²) in [5, 5.41) is 1.20. The molecule has 0 aromatic heterocycles. The summed E-state index contributed by atoms with van der Waals surface area (Å²) in [4.78, 5) is 18.6. The van der Waals surface area contributed by atoms with Crippen LogP contribution in [0.3, 0.4) is 0 Å². The number of halogens is 2. The van der Waals surface area contributed by atoms with E-state index in [0.29, 0.717) is 34.8 Å². The second kappa shape index (κ2) is 14.4. The molecule has 4 aromatic rings. The Hall–Kier alpha value is -3.67. The number of urea groups is 1. The number of carbonyl (C=O) groups excluding carboxylic acids is 1. The first kappa shape index (κ1) is 30.4. The molecular formula is C37H38Cl2N2O3. The van der Waals surface area contributed by atoms with Gasteiger partial charge in [0, 0.05) is 13.1 Å². The summed E-state index contributed by atoms with van der Waals surface area (Å²) in [6.45, 7) is 2.36. The molecule has 2 unspecified atom stereocenters. The van der Waals surface area contributed by atoms with Gasteiger partial charge in [-0.3, -0.25) is 0 Å². The van der Waals surface area contributed by atoms with Crippen LogP contribution in [0.25, 0.3) is 0 Å². The van der Waals surface area contributed by atoms with Gasteiger partial charge in [-0.25, -0.2) is 4.79 Å². The number of amides is 2. The van der Waals surface area contributed by atoms with Crippen molar-refractivity contribution >= 4 is 29.2 Å². The molecule has 2 amide bonds. The Balaban J connectivity index is 1.17. The number of para-hydroxylation sites is 2. The monoisotopic (exact) mass is 628 g/mol. The van der Waals surface area contributed by atoms with Crippen LogP contribution in [0, 0.1) is 0 Å². The highest BCUT2D eigenvalue weighted by atomic mass is 35.5. The number of hydrogen-bond donors (Lipinski definition) is 0. The second-order valence-electron chi connectivity index (χ2n) is 11.6. The number of benzene rings is 4. The van der Waals surface area contributed by atoms with E-state index in [-0.39, 0.29) is 18.1 Å². The summed E-state index contributed by atoms with van der Waals surface area (Å²) >= 11 is 12.6. The molecule has 2 saturated heterocycles. The maximum atomic E-state index is 14.4. The smallest absolute Gasteiger partial charge is 0.321 e. The van der Waals surface area contributed by atoms with Crippen LogP contribution < -0.4 is 9.47 Å². The highest BCUT2D eigenvalue weighted by Crippen LogP contribution is 2.37. The van der Waals surface area contributed by atoms with E-state index in [2.05, 4.69) is 58.3 Å². The van der Waals surface area contributed by atoms with Gasteiger partial charge in [-0.2, -0.15) is 0 Å². The summed E-state index contributed by atoms with van der Waals surface area (Å²) in [6.07, 6.45) is 6.15. The number of ether oxygens (including phenoxy) is 2. The fourth-order valence-electron chi connectivity index (χ4n) is 6.41. The molecule has 2 heterocycles. The zero-order chi connectivity index (χ0) is 30.3. The molecule has 0 radical (unpaired) electrons. The zero-order valence-electron chi connectivity index (χ0n) is 24.8. The average molecular weight is 630 g/mol. The van der Waals surface area contributed by atoms with E-state index < -0.39 is 0 Å². The number of likely N-dealkylation sites (tertiary alicyclic amines) is 2. The fraction of sp³-hybridized carbons (Fsp3) is 0.324.